The first-order chi connectivity index (χ1) is 10.6. The Morgan fingerprint density at radius 1 is 1.36 bits per heavy atom. The zero-order chi connectivity index (χ0) is 15.7. The van der Waals surface area contributed by atoms with E-state index in [0.717, 1.165) is 31.5 Å². The highest BCUT2D eigenvalue weighted by Crippen LogP contribution is 2.35. The van der Waals surface area contributed by atoms with Gasteiger partial charge in [-0.05, 0) is 24.5 Å². The molecule has 1 unspecified atom stereocenters. The third-order valence-electron chi connectivity index (χ3n) is 4.34. The van der Waals surface area contributed by atoms with Gasteiger partial charge in [-0.1, -0.05) is 0 Å². The lowest BCUT2D eigenvalue weighted by atomic mass is 9.85. The zero-order valence-corrected chi connectivity index (χ0v) is 12.4. The molecule has 1 saturated heterocycles. The fourth-order valence-corrected chi connectivity index (χ4v) is 3.19. The Morgan fingerprint density at radius 2 is 2.09 bits per heavy atom. The first-order valence-electron chi connectivity index (χ1n) is 7.33. The summed E-state index contributed by atoms with van der Waals surface area (Å²) in [7, 11) is 1.40. The SMILES string of the molecule is COc1cc2c(cc1[N+](=O)[O-])C(=O)C(N1CCOCC1)CC2. The van der Waals surface area contributed by atoms with Crippen LogP contribution in [0.4, 0.5) is 5.69 Å². The number of carbonyl (C=O) groups is 1. The predicted molar refractivity (Wildman–Crippen MR) is 78.5 cm³/mol. The first kappa shape index (κ1) is 14.9. The molecule has 118 valence electrons. The molecule has 1 aromatic carbocycles. The molecular formula is C15H18N2O5. The fourth-order valence-electron chi connectivity index (χ4n) is 3.19. The van der Waals surface area contributed by atoms with E-state index in [1.807, 2.05) is 0 Å². The summed E-state index contributed by atoms with van der Waals surface area (Å²) in [5.41, 5.74) is 1.13. The molecule has 7 nitrogen and oxygen atoms in total. The lowest BCUT2D eigenvalue weighted by Crippen LogP contribution is -2.49. The van der Waals surface area contributed by atoms with Crippen LogP contribution in [0.15, 0.2) is 12.1 Å². The molecular weight excluding hydrogens is 288 g/mol. The Hall–Kier alpha value is -1.99. The van der Waals surface area contributed by atoms with Crippen molar-refractivity contribution in [3.05, 3.63) is 33.4 Å². The smallest absolute Gasteiger partial charge is 0.311 e. The summed E-state index contributed by atoms with van der Waals surface area (Å²) >= 11 is 0. The van der Waals surface area contributed by atoms with Crippen molar-refractivity contribution in [1.29, 1.82) is 0 Å². The van der Waals surface area contributed by atoms with Gasteiger partial charge < -0.3 is 9.47 Å². The number of benzene rings is 1. The number of ketones is 1. The lowest BCUT2D eigenvalue weighted by molar-refractivity contribution is -0.385. The van der Waals surface area contributed by atoms with Gasteiger partial charge in [-0.25, -0.2) is 0 Å². The minimum absolute atomic E-state index is 0.0334. The van der Waals surface area contributed by atoms with Crippen LogP contribution in [0.1, 0.15) is 22.3 Å². The molecule has 0 aromatic heterocycles. The van der Waals surface area contributed by atoms with Gasteiger partial charge in [0.15, 0.2) is 11.5 Å². The van der Waals surface area contributed by atoms with Crippen LogP contribution >= 0.6 is 0 Å². The van der Waals surface area contributed by atoms with Crippen LogP contribution in [0.3, 0.4) is 0 Å². The van der Waals surface area contributed by atoms with Gasteiger partial charge in [-0.15, -0.1) is 0 Å². The van der Waals surface area contributed by atoms with Gasteiger partial charge in [0.2, 0.25) is 0 Å². The summed E-state index contributed by atoms with van der Waals surface area (Å²) in [6.07, 6.45) is 1.45. The van der Waals surface area contributed by atoms with E-state index in [1.165, 1.54) is 13.2 Å². The summed E-state index contributed by atoms with van der Waals surface area (Å²) in [4.78, 5) is 25.5. The van der Waals surface area contributed by atoms with Crippen LogP contribution in [0.5, 0.6) is 5.75 Å². The maximum absolute atomic E-state index is 12.7. The van der Waals surface area contributed by atoms with Gasteiger partial charge >= 0.3 is 5.69 Å². The minimum atomic E-state index is -0.509. The van der Waals surface area contributed by atoms with Crippen LogP contribution in [-0.4, -0.2) is 55.1 Å². The normalized spacial score (nSPS) is 22.2. The molecule has 0 amide bonds. The molecule has 1 aliphatic heterocycles. The largest absolute Gasteiger partial charge is 0.490 e. The number of nitro benzene ring substituents is 1. The summed E-state index contributed by atoms with van der Waals surface area (Å²) < 4.78 is 10.4. The summed E-state index contributed by atoms with van der Waals surface area (Å²) in [6.45, 7) is 2.70. The van der Waals surface area contributed by atoms with E-state index < -0.39 is 4.92 Å². The van der Waals surface area contributed by atoms with Gasteiger partial charge in [-0.2, -0.15) is 0 Å². The lowest BCUT2D eigenvalue weighted by Gasteiger charge is -2.36. The average molecular weight is 306 g/mol. The number of hydrogen-bond donors (Lipinski definition) is 0. The second-order valence-electron chi connectivity index (χ2n) is 5.51. The number of methoxy groups -OCH3 is 1. The molecule has 1 atom stereocenters. The number of nitrogens with zero attached hydrogens (tertiary/aromatic N) is 2. The minimum Gasteiger partial charge on any atom is -0.490 e. The fraction of sp³-hybridized carbons (Fsp3) is 0.533. The van der Waals surface area contributed by atoms with E-state index in [4.69, 9.17) is 9.47 Å². The molecule has 1 aliphatic carbocycles. The van der Waals surface area contributed by atoms with Crippen molar-refractivity contribution >= 4 is 11.5 Å². The Morgan fingerprint density at radius 3 is 2.73 bits per heavy atom. The summed E-state index contributed by atoms with van der Waals surface area (Å²) in [5, 5.41) is 11.1. The Balaban J connectivity index is 1.94. The number of rotatable bonds is 3. The number of aryl methyl sites for hydroxylation is 1. The van der Waals surface area contributed by atoms with Gasteiger partial charge in [0.05, 0.1) is 31.3 Å². The van der Waals surface area contributed by atoms with Crippen LogP contribution < -0.4 is 4.74 Å². The van der Waals surface area contributed by atoms with E-state index in [0.29, 0.717) is 18.8 Å². The monoisotopic (exact) mass is 306 g/mol. The Kier molecular flexibility index (Phi) is 4.08. The summed E-state index contributed by atoms with van der Waals surface area (Å²) in [6, 6.07) is 2.79. The number of hydrogen-bond acceptors (Lipinski definition) is 6. The zero-order valence-electron chi connectivity index (χ0n) is 12.4. The van der Waals surface area contributed by atoms with E-state index >= 15 is 0 Å². The number of nitro groups is 1. The van der Waals surface area contributed by atoms with Crippen molar-refractivity contribution in [2.45, 2.75) is 18.9 Å². The summed E-state index contributed by atoms with van der Waals surface area (Å²) in [5.74, 6) is 0.176. The van der Waals surface area contributed by atoms with Crippen LogP contribution in [0, 0.1) is 10.1 Å². The highest BCUT2D eigenvalue weighted by atomic mass is 16.6. The van der Waals surface area contributed by atoms with Gasteiger partial charge in [-0.3, -0.25) is 19.8 Å². The van der Waals surface area contributed by atoms with Gasteiger partial charge in [0, 0.05) is 24.7 Å². The third kappa shape index (κ3) is 2.57. The quantitative estimate of drug-likeness (QED) is 0.620. The molecule has 1 fully saturated rings. The van der Waals surface area contributed by atoms with Crippen LogP contribution in [0.25, 0.3) is 0 Å². The van der Waals surface area contributed by atoms with Gasteiger partial charge in [0.1, 0.15) is 0 Å². The molecule has 0 N–H and O–H groups in total. The molecule has 1 aromatic rings. The maximum atomic E-state index is 12.7. The van der Waals surface area contributed by atoms with Crippen molar-refractivity contribution in [1.82, 2.24) is 4.90 Å². The molecule has 0 saturated carbocycles. The number of morpholine rings is 1. The maximum Gasteiger partial charge on any atom is 0.311 e. The Bertz CT molecular complexity index is 610. The molecule has 0 radical (unpaired) electrons. The Labute approximate surface area is 128 Å². The third-order valence-corrected chi connectivity index (χ3v) is 4.34. The number of carbonyl (C=O) groups excluding carboxylic acids is 1. The van der Waals surface area contributed by atoms with E-state index in [2.05, 4.69) is 4.90 Å². The van der Waals surface area contributed by atoms with Crippen molar-refractivity contribution in [2.75, 3.05) is 33.4 Å². The first-order valence-corrected chi connectivity index (χ1v) is 7.33. The second-order valence-corrected chi connectivity index (χ2v) is 5.51. The molecule has 1 heterocycles. The van der Waals surface area contributed by atoms with Gasteiger partial charge in [0.25, 0.3) is 0 Å². The van der Waals surface area contributed by atoms with Crippen molar-refractivity contribution in [3.8, 4) is 5.75 Å². The number of fused-ring (bicyclic) bond motifs is 1. The predicted octanol–water partition coefficient (Wildman–Crippen LogP) is 1.43. The van der Waals surface area contributed by atoms with Crippen molar-refractivity contribution in [2.24, 2.45) is 0 Å². The van der Waals surface area contributed by atoms with E-state index in [9.17, 15) is 14.9 Å². The van der Waals surface area contributed by atoms with Crippen molar-refractivity contribution in [3.63, 3.8) is 0 Å². The van der Waals surface area contributed by atoms with Crippen LogP contribution in [-0.2, 0) is 11.2 Å². The van der Waals surface area contributed by atoms with E-state index in [1.54, 1.807) is 6.07 Å². The molecule has 7 heteroatoms. The highest BCUT2D eigenvalue weighted by molar-refractivity contribution is 6.03. The number of Topliss-reactive ketones (excluding diaryl/α,β-unsaturated/α-hetero) is 1. The number of ether oxygens (including phenoxy) is 2. The molecule has 2 aliphatic rings. The van der Waals surface area contributed by atoms with Crippen LogP contribution in [0.2, 0.25) is 0 Å². The standard InChI is InChI=1S/C15H18N2O5/c1-21-14-8-10-2-3-12(16-4-6-22-7-5-16)15(18)11(10)9-13(14)17(19)20/h8-9,12H,2-7H2,1H3. The molecule has 22 heavy (non-hydrogen) atoms. The average Bonchev–Trinajstić information content (AvgIpc) is 2.55. The molecule has 3 rings (SSSR count). The topological polar surface area (TPSA) is 81.9 Å². The highest BCUT2D eigenvalue weighted by Gasteiger charge is 2.34. The van der Waals surface area contributed by atoms with E-state index in [-0.39, 0.29) is 23.3 Å². The van der Waals surface area contributed by atoms with Crippen molar-refractivity contribution < 1.29 is 19.2 Å². The second kappa shape index (κ2) is 6.02. The molecule has 0 bridgehead atoms. The molecule has 0 spiro atoms.